The van der Waals surface area contributed by atoms with E-state index >= 15 is 0 Å². The van der Waals surface area contributed by atoms with Crippen molar-refractivity contribution >= 4 is 70.5 Å². The summed E-state index contributed by atoms with van der Waals surface area (Å²) in [4.78, 5) is 145. The fraction of sp³-hybridized carbons (Fsp3) is 0.644. The van der Waals surface area contributed by atoms with Gasteiger partial charge in [0.1, 0.15) is 35.2 Å². The fourth-order valence-corrected chi connectivity index (χ4v) is 11.8. The van der Waals surface area contributed by atoms with E-state index in [-0.39, 0.29) is 105 Å². The van der Waals surface area contributed by atoms with Gasteiger partial charge in [-0.05, 0) is 69.0 Å². The number of Topliss-reactive ketones (excluding diaryl/α,β-unsaturated/α-hetero) is 2. The van der Waals surface area contributed by atoms with Crippen LogP contribution in [0.1, 0.15) is 139 Å². The molecule has 5 rings (SSSR count). The molecule has 0 saturated carbocycles. The second-order valence-electron chi connectivity index (χ2n) is 22.2. The number of methoxy groups -OCH3 is 1. The van der Waals surface area contributed by atoms with Crippen molar-refractivity contribution in [1.29, 1.82) is 0 Å². The molecule has 20 nitrogen and oxygen atoms in total. The number of hydrogen-bond acceptors (Lipinski definition) is 15. The van der Waals surface area contributed by atoms with E-state index in [1.165, 1.54) is 16.2 Å². The van der Waals surface area contributed by atoms with Crippen LogP contribution in [0, 0.1) is 29.6 Å². The van der Waals surface area contributed by atoms with Crippen molar-refractivity contribution in [3.63, 3.8) is 0 Å². The number of likely N-dealkylation sites (tertiary alicyclic amines) is 2. The third-order valence-corrected chi connectivity index (χ3v) is 17.4. The zero-order valence-electron chi connectivity index (χ0n) is 48.4. The number of nitrogens with zero attached hydrogens (tertiary/aromatic N) is 5. The molecule has 4 heterocycles. The van der Waals surface area contributed by atoms with Gasteiger partial charge in [0.2, 0.25) is 23.6 Å². The van der Waals surface area contributed by atoms with E-state index in [1.807, 2.05) is 78.9 Å². The highest BCUT2D eigenvalue weighted by molar-refractivity contribution is 7.09. The number of thiazole rings is 1. The second-order valence-corrected chi connectivity index (χ2v) is 23.1. The van der Waals surface area contributed by atoms with E-state index in [0.29, 0.717) is 37.1 Å². The van der Waals surface area contributed by atoms with Crippen LogP contribution in [-0.4, -0.2) is 174 Å². The summed E-state index contributed by atoms with van der Waals surface area (Å²) in [6, 6.07) is 6.11. The van der Waals surface area contributed by atoms with Crippen molar-refractivity contribution in [3.05, 3.63) is 64.1 Å². The molecule has 10 atom stereocenters. The fourth-order valence-electron chi connectivity index (χ4n) is 10.9. The normalized spacial score (nSPS) is 19.6. The molecule has 2 aromatic rings. The minimum atomic E-state index is -1.21. The summed E-state index contributed by atoms with van der Waals surface area (Å²) in [6.45, 7) is 13.0. The van der Waals surface area contributed by atoms with E-state index < -0.39 is 71.4 Å². The number of ketones is 2. The molecule has 0 aliphatic carbocycles. The van der Waals surface area contributed by atoms with Gasteiger partial charge in [-0.15, -0.1) is 11.3 Å². The minimum Gasteiger partial charge on any atom is -0.374 e. The minimum absolute atomic E-state index is 0.0102. The molecule has 0 spiro atoms. The number of rotatable bonds is 33. The molecule has 80 heavy (non-hydrogen) atoms. The Hall–Kier alpha value is -6.03. The lowest BCUT2D eigenvalue weighted by atomic mass is 9.83. The number of benzene rings is 1. The van der Waals surface area contributed by atoms with Gasteiger partial charge in [-0.25, -0.2) is 4.98 Å². The van der Waals surface area contributed by atoms with Crippen molar-refractivity contribution in [3.8, 4) is 0 Å². The molecule has 1 aromatic heterocycles. The SMILES string of the molecule is CC[C@H](C)[C@H](CC(=O)[C@H]1CCCCN1C)C(=O)N(C)[C@H](C[C@@H](OC)c1nc(C(=O)N[C@@H](CN[C@H](C=O)Cc2ccccc2)C(=O)C[C@H](C(=O)N2CCC[C@H]2C(=O)NCCNC(=O)CCN2C(=O)C=CC2=O)[C@@H](C)CC)cs1)C(C)C. The molecule has 440 valence electrons. The zero-order chi connectivity index (χ0) is 58.6. The summed E-state index contributed by atoms with van der Waals surface area (Å²) in [6.07, 6.45) is 7.94. The molecular formula is C59H87N9O11S. The Labute approximate surface area is 476 Å². The van der Waals surface area contributed by atoms with E-state index in [0.717, 1.165) is 61.1 Å². The van der Waals surface area contributed by atoms with Crippen molar-refractivity contribution < 1.29 is 52.7 Å². The van der Waals surface area contributed by atoms with Crippen LogP contribution in [0.15, 0.2) is 47.9 Å². The van der Waals surface area contributed by atoms with Gasteiger partial charge in [0, 0.05) is 108 Å². The highest BCUT2D eigenvalue weighted by atomic mass is 32.1. The molecule has 21 heteroatoms. The quantitative estimate of drug-likeness (QED) is 0.0438. The van der Waals surface area contributed by atoms with Crippen LogP contribution in [0.5, 0.6) is 0 Å². The van der Waals surface area contributed by atoms with Gasteiger partial charge >= 0.3 is 0 Å². The van der Waals surface area contributed by atoms with Crippen molar-refractivity contribution in [2.24, 2.45) is 29.6 Å². The van der Waals surface area contributed by atoms with E-state index in [9.17, 15) is 47.9 Å². The number of piperidine rings is 1. The van der Waals surface area contributed by atoms with Gasteiger partial charge < -0.3 is 40.6 Å². The van der Waals surface area contributed by atoms with Crippen LogP contribution in [0.4, 0.5) is 0 Å². The Morgan fingerprint density at radius 1 is 0.863 bits per heavy atom. The van der Waals surface area contributed by atoms with Crippen molar-refractivity contribution in [2.45, 2.75) is 155 Å². The molecular weight excluding hydrogens is 1040 g/mol. The predicted octanol–water partition coefficient (Wildman–Crippen LogP) is 4.47. The molecule has 0 bridgehead atoms. The molecule has 4 N–H and O–H groups in total. The van der Waals surface area contributed by atoms with Crippen molar-refractivity contribution in [2.75, 3.05) is 60.5 Å². The highest BCUT2D eigenvalue weighted by Crippen LogP contribution is 2.33. The monoisotopic (exact) mass is 1130 g/mol. The number of ether oxygens (including phenoxy) is 1. The van der Waals surface area contributed by atoms with Gasteiger partial charge in [0.15, 0.2) is 11.6 Å². The Kier molecular flexibility index (Phi) is 25.8. The van der Waals surface area contributed by atoms with E-state index in [1.54, 1.807) is 24.4 Å². The summed E-state index contributed by atoms with van der Waals surface area (Å²) in [5.74, 6) is -4.94. The Morgan fingerprint density at radius 3 is 2.16 bits per heavy atom. The first-order chi connectivity index (χ1) is 38.2. The third kappa shape index (κ3) is 18.0. The molecule has 0 radical (unpaired) electrons. The number of nitrogens with one attached hydrogen (secondary N) is 4. The summed E-state index contributed by atoms with van der Waals surface area (Å²) >= 11 is 1.21. The molecule has 3 aliphatic heterocycles. The Morgan fingerprint density at radius 2 is 1.52 bits per heavy atom. The lowest BCUT2D eigenvalue weighted by Gasteiger charge is -2.37. The highest BCUT2D eigenvalue weighted by Gasteiger charge is 2.41. The van der Waals surface area contributed by atoms with Crippen LogP contribution in [0.3, 0.4) is 0 Å². The predicted molar refractivity (Wildman–Crippen MR) is 304 cm³/mol. The maximum atomic E-state index is 14.7. The molecule has 2 fully saturated rings. The number of imide groups is 1. The number of amides is 7. The van der Waals surface area contributed by atoms with Crippen molar-refractivity contribution in [1.82, 2.24) is 45.9 Å². The van der Waals surface area contributed by atoms with E-state index in [2.05, 4.69) is 26.2 Å². The van der Waals surface area contributed by atoms with Gasteiger partial charge in [-0.3, -0.25) is 53.0 Å². The molecule has 3 aliphatic rings. The van der Waals surface area contributed by atoms with Gasteiger partial charge in [0.05, 0.1) is 12.1 Å². The summed E-state index contributed by atoms with van der Waals surface area (Å²) in [5.41, 5.74) is 0.914. The largest absolute Gasteiger partial charge is 0.374 e. The summed E-state index contributed by atoms with van der Waals surface area (Å²) in [7, 11) is 5.32. The Balaban J connectivity index is 1.28. The van der Waals surface area contributed by atoms with Crippen LogP contribution < -0.4 is 21.3 Å². The summed E-state index contributed by atoms with van der Waals surface area (Å²) in [5, 5.41) is 13.6. The van der Waals surface area contributed by atoms with Gasteiger partial charge in [-0.1, -0.05) is 91.1 Å². The standard InChI is InChI=1S/C59H87N9O11S/c1-10-38(5)42(32-50(71)46-20-15-16-27-65(46)7)58(77)66(8)48(37(3)4)33-51(79-9)57-64-45(36-80-57)55(75)63-44(34-62-41(35-69)30-40-18-13-12-14-19-40)49(70)31-43(39(6)11-2)59(78)67-28-17-21-47(67)56(76)61-26-25-60-52(72)24-29-68-53(73)22-23-54(68)74/h12-14,18-19,22-23,35-39,41-44,46-48,51,62H,10-11,15-17,20-21,24-34H2,1-9H3,(H,60,72)(H,61,76)(H,63,75)/t38-,39-,41-,42-,43-,44-,46+,47-,48+,51+/m0/s1. The lowest BCUT2D eigenvalue weighted by Crippen LogP contribution is -2.52. The third-order valence-electron chi connectivity index (χ3n) is 16.5. The molecule has 7 amide bonds. The Bertz CT molecular complexity index is 2470. The topological polar surface area (TPSA) is 254 Å². The number of hydrogen-bond donors (Lipinski definition) is 4. The van der Waals surface area contributed by atoms with Crippen LogP contribution in [-0.2, 0) is 54.3 Å². The first kappa shape index (κ1) is 64.8. The van der Waals surface area contributed by atoms with Gasteiger partial charge in [-0.2, -0.15) is 0 Å². The van der Waals surface area contributed by atoms with Crippen LogP contribution in [0.25, 0.3) is 0 Å². The number of aldehydes is 1. The smallest absolute Gasteiger partial charge is 0.271 e. The first-order valence-corrected chi connectivity index (χ1v) is 29.5. The number of carbonyl (C=O) groups is 10. The average molecular weight is 1130 g/mol. The van der Waals surface area contributed by atoms with Crippen LogP contribution >= 0.6 is 11.3 Å². The van der Waals surface area contributed by atoms with Crippen LogP contribution in [0.2, 0.25) is 0 Å². The average Bonchev–Trinajstić information content (AvgIpc) is 4.24. The van der Waals surface area contributed by atoms with Gasteiger partial charge in [0.25, 0.3) is 17.7 Å². The maximum Gasteiger partial charge on any atom is 0.271 e. The molecule has 2 saturated heterocycles. The molecule has 1 aromatic carbocycles. The lowest BCUT2D eigenvalue weighted by molar-refractivity contribution is -0.144. The van der Waals surface area contributed by atoms with E-state index in [4.69, 9.17) is 9.72 Å². The second kappa shape index (κ2) is 31.8. The maximum absolute atomic E-state index is 14.7. The number of carbonyl (C=O) groups excluding carboxylic acids is 10. The first-order valence-electron chi connectivity index (χ1n) is 28.6. The summed E-state index contributed by atoms with van der Waals surface area (Å²) < 4.78 is 6.02. The molecule has 0 unspecified atom stereocenters. The number of aromatic nitrogens is 1. The number of likely N-dealkylation sites (N-methyl/N-ethyl adjacent to an activating group) is 1. The zero-order valence-corrected chi connectivity index (χ0v) is 49.2.